The van der Waals surface area contributed by atoms with Gasteiger partial charge in [0.25, 0.3) is 5.91 Å². The van der Waals surface area contributed by atoms with Crippen LogP contribution in [0.4, 0.5) is 5.69 Å². The first kappa shape index (κ1) is 30.5. The minimum Gasteiger partial charge on any atom is -0.480 e. The van der Waals surface area contributed by atoms with Crippen LogP contribution in [-0.4, -0.2) is 42.7 Å². The third-order valence-electron chi connectivity index (χ3n) is 6.80. The number of nitrogens with zero attached hydrogens (tertiary/aromatic N) is 1. The zero-order valence-electron chi connectivity index (χ0n) is 23.0. The van der Waals surface area contributed by atoms with Crippen LogP contribution >= 0.6 is 22.9 Å². The van der Waals surface area contributed by atoms with Gasteiger partial charge in [0.15, 0.2) is 16.4 Å². The first-order chi connectivity index (χ1) is 20.7. The molecule has 1 saturated carbocycles. The fourth-order valence-electron chi connectivity index (χ4n) is 4.41. The Bertz CT molecular complexity index is 1760. The van der Waals surface area contributed by atoms with E-state index in [1.165, 1.54) is 37.1 Å². The number of ether oxygens (including phenoxy) is 1. The second-order valence-corrected chi connectivity index (χ2v) is 13.6. The van der Waals surface area contributed by atoms with Crippen LogP contribution in [0.5, 0.6) is 5.75 Å². The van der Waals surface area contributed by atoms with E-state index in [1.807, 2.05) is 18.2 Å². The summed E-state index contributed by atoms with van der Waals surface area (Å²) in [5.74, 6) is -0.840. The van der Waals surface area contributed by atoms with Crippen molar-refractivity contribution in [3.8, 4) is 5.75 Å². The lowest BCUT2D eigenvalue weighted by Crippen LogP contribution is -2.15. The summed E-state index contributed by atoms with van der Waals surface area (Å²) in [6.07, 6.45) is 6.98. The number of hydrogen-bond acceptors (Lipinski definition) is 7. The number of rotatable bonds is 13. The Labute approximate surface area is 258 Å². The molecule has 0 spiro atoms. The summed E-state index contributed by atoms with van der Waals surface area (Å²) in [7, 11) is -3.49. The van der Waals surface area contributed by atoms with Gasteiger partial charge in [0.05, 0.1) is 22.0 Å². The number of thiazole rings is 1. The molecule has 0 bridgehead atoms. The lowest BCUT2D eigenvalue weighted by Gasteiger charge is -2.14. The molecule has 4 aromatic rings. The largest absolute Gasteiger partial charge is 0.480 e. The number of carbonyl (C=O) groups excluding carboxylic acids is 1. The van der Waals surface area contributed by atoms with E-state index in [0.717, 1.165) is 21.8 Å². The highest BCUT2D eigenvalue weighted by Gasteiger charge is 2.25. The molecule has 1 aliphatic carbocycles. The minimum absolute atomic E-state index is 0.0726. The molecular weight excluding hydrogens is 608 g/mol. The molecule has 0 aliphatic heterocycles. The highest BCUT2D eigenvalue weighted by Crippen LogP contribution is 2.40. The zero-order valence-corrected chi connectivity index (χ0v) is 25.4. The maximum atomic E-state index is 13.2. The van der Waals surface area contributed by atoms with E-state index in [1.54, 1.807) is 47.7 Å². The Balaban J connectivity index is 1.27. The fourth-order valence-corrected chi connectivity index (χ4v) is 6.64. The van der Waals surface area contributed by atoms with Crippen LogP contribution in [0.1, 0.15) is 57.4 Å². The van der Waals surface area contributed by atoms with Crippen molar-refractivity contribution in [1.29, 1.82) is 0 Å². The van der Waals surface area contributed by atoms with Crippen molar-refractivity contribution in [2.45, 2.75) is 36.5 Å². The van der Waals surface area contributed by atoms with E-state index in [0.29, 0.717) is 35.0 Å². The fraction of sp³-hybridized carbons (Fsp3) is 0.219. The van der Waals surface area contributed by atoms with E-state index in [-0.39, 0.29) is 16.4 Å². The number of aryl methyl sites for hydroxylation is 1. The van der Waals surface area contributed by atoms with Crippen molar-refractivity contribution in [3.63, 3.8) is 0 Å². The van der Waals surface area contributed by atoms with Crippen LogP contribution in [0.2, 0.25) is 5.02 Å². The van der Waals surface area contributed by atoms with Gasteiger partial charge >= 0.3 is 5.97 Å². The molecule has 1 aromatic heterocycles. The summed E-state index contributed by atoms with van der Waals surface area (Å²) in [6, 6.07) is 18.1. The van der Waals surface area contributed by atoms with Gasteiger partial charge in [-0.2, -0.15) is 0 Å². The molecule has 0 atom stereocenters. The highest BCUT2D eigenvalue weighted by atomic mass is 35.5. The monoisotopic (exact) mass is 636 g/mol. The molecule has 0 unspecified atom stereocenters. The van der Waals surface area contributed by atoms with Gasteiger partial charge in [0, 0.05) is 21.9 Å². The topological polar surface area (TPSA) is 123 Å². The standard InChI is InChI=1S/C32H29ClN2O6S2/c33-25-10-12-26(13-11-25)43(39,40)16-2-4-22-6-14-29(41-19-31(36)37)27(18-22)35-32(38)24-5-1-3-21(17-24)7-15-30-34-28(20-42-30)23-8-9-23/h1,3,5-7,10-15,17-18,20,23H,2,4,8-9,16,19H2,(H,35,38)(H,36,37). The molecule has 2 N–H and O–H groups in total. The average molecular weight is 637 g/mol. The van der Waals surface area contributed by atoms with E-state index in [9.17, 15) is 18.0 Å². The van der Waals surface area contributed by atoms with Gasteiger partial charge in [-0.15, -0.1) is 11.3 Å². The van der Waals surface area contributed by atoms with Gasteiger partial charge in [-0.1, -0.05) is 35.9 Å². The van der Waals surface area contributed by atoms with E-state index >= 15 is 0 Å². The Morgan fingerprint density at radius 2 is 1.86 bits per heavy atom. The number of anilines is 1. The smallest absolute Gasteiger partial charge is 0.341 e. The molecule has 0 radical (unpaired) electrons. The molecule has 11 heteroatoms. The molecule has 43 heavy (non-hydrogen) atoms. The van der Waals surface area contributed by atoms with Gasteiger partial charge < -0.3 is 15.2 Å². The molecule has 8 nitrogen and oxygen atoms in total. The molecule has 1 amide bonds. The summed E-state index contributed by atoms with van der Waals surface area (Å²) in [5, 5.41) is 15.4. The van der Waals surface area contributed by atoms with Crippen molar-refractivity contribution in [3.05, 3.63) is 105 Å². The number of benzene rings is 3. The van der Waals surface area contributed by atoms with Crippen LogP contribution < -0.4 is 10.1 Å². The third kappa shape index (κ3) is 8.53. The third-order valence-corrected chi connectivity index (χ3v) is 9.69. The quantitative estimate of drug-likeness (QED) is 0.162. The Kier molecular flexibility index (Phi) is 9.59. The molecule has 222 valence electrons. The number of carbonyl (C=O) groups is 2. The normalized spacial score (nSPS) is 13.2. The second kappa shape index (κ2) is 13.5. The summed E-state index contributed by atoms with van der Waals surface area (Å²) < 4.78 is 30.8. The van der Waals surface area contributed by atoms with Crippen molar-refractivity contribution < 1.29 is 27.9 Å². The van der Waals surface area contributed by atoms with Crippen LogP contribution in [-0.2, 0) is 21.1 Å². The molecule has 1 fully saturated rings. The molecule has 1 aliphatic rings. The number of nitrogens with one attached hydrogen (secondary N) is 1. The zero-order chi connectivity index (χ0) is 30.4. The van der Waals surface area contributed by atoms with E-state index in [4.69, 9.17) is 21.4 Å². The Morgan fingerprint density at radius 1 is 1.07 bits per heavy atom. The number of carboxylic acid groups (broad SMARTS) is 1. The van der Waals surface area contributed by atoms with Crippen LogP contribution in [0.15, 0.2) is 77.0 Å². The van der Waals surface area contributed by atoms with Crippen LogP contribution in [0, 0.1) is 0 Å². The number of hydrogen-bond donors (Lipinski definition) is 2. The van der Waals surface area contributed by atoms with Crippen molar-refractivity contribution in [2.75, 3.05) is 17.7 Å². The van der Waals surface area contributed by atoms with Gasteiger partial charge in [-0.25, -0.2) is 18.2 Å². The predicted octanol–water partition coefficient (Wildman–Crippen LogP) is 6.97. The summed E-state index contributed by atoms with van der Waals surface area (Å²) in [6.45, 7) is -0.582. The number of amides is 1. The van der Waals surface area contributed by atoms with E-state index in [2.05, 4.69) is 15.7 Å². The number of carboxylic acids is 1. The Hall–Kier alpha value is -3.99. The number of aliphatic carboxylic acids is 1. The molecule has 1 heterocycles. The van der Waals surface area contributed by atoms with Gasteiger partial charge in [0.2, 0.25) is 0 Å². The average Bonchev–Trinajstić information content (AvgIpc) is 3.73. The highest BCUT2D eigenvalue weighted by molar-refractivity contribution is 7.91. The van der Waals surface area contributed by atoms with Gasteiger partial charge in [0.1, 0.15) is 10.8 Å². The SMILES string of the molecule is O=C(O)COc1ccc(CCCS(=O)(=O)c2ccc(Cl)cc2)cc1NC(=O)c1cccc(C=Cc2nc(C3CC3)cs2)c1. The number of halogens is 1. The minimum atomic E-state index is -3.49. The maximum absolute atomic E-state index is 13.2. The first-order valence-corrected chi connectivity index (χ1v) is 16.6. The summed E-state index contributed by atoms with van der Waals surface area (Å²) >= 11 is 7.47. The molecule has 5 rings (SSSR count). The van der Waals surface area contributed by atoms with E-state index < -0.39 is 28.3 Å². The van der Waals surface area contributed by atoms with Crippen LogP contribution in [0.3, 0.4) is 0 Å². The number of aromatic nitrogens is 1. The molecular formula is C32H29ClN2O6S2. The Morgan fingerprint density at radius 3 is 2.60 bits per heavy atom. The lowest BCUT2D eigenvalue weighted by molar-refractivity contribution is -0.139. The lowest BCUT2D eigenvalue weighted by atomic mass is 10.1. The van der Waals surface area contributed by atoms with Crippen LogP contribution in [0.25, 0.3) is 12.2 Å². The first-order valence-electron chi connectivity index (χ1n) is 13.7. The van der Waals surface area contributed by atoms with Gasteiger partial charge in [-0.05, 0) is 91.4 Å². The predicted molar refractivity (Wildman–Crippen MR) is 169 cm³/mol. The van der Waals surface area contributed by atoms with Crippen molar-refractivity contribution in [1.82, 2.24) is 4.98 Å². The van der Waals surface area contributed by atoms with Crippen molar-refractivity contribution >= 4 is 62.5 Å². The summed E-state index contributed by atoms with van der Waals surface area (Å²) in [5.41, 5.74) is 3.43. The van der Waals surface area contributed by atoms with Crippen molar-refractivity contribution in [2.24, 2.45) is 0 Å². The summed E-state index contributed by atoms with van der Waals surface area (Å²) in [4.78, 5) is 29.2. The number of sulfone groups is 1. The van der Waals surface area contributed by atoms with Gasteiger partial charge in [-0.3, -0.25) is 4.79 Å². The second-order valence-electron chi connectivity index (χ2n) is 10.2. The molecule has 3 aromatic carbocycles. The molecule has 0 saturated heterocycles. The maximum Gasteiger partial charge on any atom is 0.341 e.